The molecule has 0 fully saturated rings. The van der Waals surface area contributed by atoms with E-state index in [-0.39, 0.29) is 30.3 Å². The molecule has 37 heavy (non-hydrogen) atoms. The van der Waals surface area contributed by atoms with Crippen molar-refractivity contribution in [1.82, 2.24) is 14.9 Å². The third kappa shape index (κ3) is 7.30. The quantitative estimate of drug-likeness (QED) is 0.311. The molecule has 10 heteroatoms. The summed E-state index contributed by atoms with van der Waals surface area (Å²) in [7, 11) is -4.01. The third-order valence-electron chi connectivity index (χ3n) is 6.49. The Bertz CT molecular complexity index is 1180. The monoisotopic (exact) mass is 531 g/mol. The number of hydrogen-bond acceptors (Lipinski definition) is 5. The van der Waals surface area contributed by atoms with E-state index >= 15 is 0 Å². The molecule has 0 heterocycles. The fourth-order valence-electron chi connectivity index (χ4n) is 4.59. The van der Waals surface area contributed by atoms with E-state index in [9.17, 15) is 28.2 Å². The molecule has 3 atom stereocenters. The summed E-state index contributed by atoms with van der Waals surface area (Å²) in [6, 6.07) is 11.8. The van der Waals surface area contributed by atoms with Crippen LogP contribution < -0.4 is 10.6 Å². The lowest BCUT2D eigenvalue weighted by Crippen LogP contribution is -2.46. The first-order valence-electron chi connectivity index (χ1n) is 12.6. The number of carboxylic acids is 1. The minimum atomic E-state index is -4.01. The van der Waals surface area contributed by atoms with Gasteiger partial charge in [0.05, 0.1) is 17.0 Å². The zero-order valence-electron chi connectivity index (χ0n) is 21.6. The van der Waals surface area contributed by atoms with E-state index in [2.05, 4.69) is 10.6 Å². The highest BCUT2D eigenvalue weighted by Gasteiger charge is 2.36. The fraction of sp³-hybridized carbons (Fsp3) is 0.481. The number of carbonyl (C=O) groups is 2. The molecule has 0 bridgehead atoms. The van der Waals surface area contributed by atoms with Gasteiger partial charge in [0.1, 0.15) is 6.04 Å². The Kier molecular flexibility index (Phi) is 9.69. The Balaban J connectivity index is 1.56. The van der Waals surface area contributed by atoms with Crippen molar-refractivity contribution in [2.24, 2.45) is 5.92 Å². The van der Waals surface area contributed by atoms with Gasteiger partial charge in [-0.3, -0.25) is 4.79 Å². The van der Waals surface area contributed by atoms with Crippen LogP contribution in [0.5, 0.6) is 0 Å². The smallest absolute Gasteiger partial charge is 0.322 e. The zero-order valence-corrected chi connectivity index (χ0v) is 22.4. The molecule has 2 aromatic rings. The van der Waals surface area contributed by atoms with E-state index in [1.165, 1.54) is 12.1 Å². The number of aliphatic hydroxyl groups excluding tert-OH is 1. The summed E-state index contributed by atoms with van der Waals surface area (Å²) in [4.78, 5) is 24.6. The Morgan fingerprint density at radius 3 is 2.41 bits per heavy atom. The number of fused-ring (bicyclic) bond motifs is 1. The number of nitrogens with one attached hydrogen (secondary N) is 2. The van der Waals surface area contributed by atoms with Crippen molar-refractivity contribution < 1.29 is 28.2 Å². The number of carboxylic acid groups (broad SMARTS) is 1. The maximum absolute atomic E-state index is 13.4. The van der Waals surface area contributed by atoms with Crippen LogP contribution in [-0.4, -0.2) is 60.2 Å². The molecule has 0 aliphatic heterocycles. The van der Waals surface area contributed by atoms with Crippen LogP contribution in [0.25, 0.3) is 0 Å². The van der Waals surface area contributed by atoms with Crippen molar-refractivity contribution >= 4 is 22.0 Å². The molecule has 9 nitrogen and oxygen atoms in total. The molecule has 1 aliphatic carbocycles. The van der Waals surface area contributed by atoms with Gasteiger partial charge < -0.3 is 20.8 Å². The minimum Gasteiger partial charge on any atom is -0.480 e. The number of sulfonamides is 1. The van der Waals surface area contributed by atoms with Crippen LogP contribution in [0.3, 0.4) is 0 Å². The van der Waals surface area contributed by atoms with E-state index in [0.717, 1.165) is 21.0 Å². The molecule has 0 radical (unpaired) electrons. The normalized spacial score (nSPS) is 18.0. The summed E-state index contributed by atoms with van der Waals surface area (Å²) in [5.74, 6) is -1.26. The van der Waals surface area contributed by atoms with Crippen LogP contribution in [0.15, 0.2) is 53.4 Å². The van der Waals surface area contributed by atoms with Gasteiger partial charge in [0.2, 0.25) is 10.0 Å². The highest BCUT2D eigenvalue weighted by Crippen LogP contribution is 2.31. The van der Waals surface area contributed by atoms with Crippen molar-refractivity contribution in [2.45, 2.75) is 69.5 Å². The summed E-state index contributed by atoms with van der Waals surface area (Å²) in [5.41, 5.74) is 2.81. The second-order valence-electron chi connectivity index (χ2n) is 9.98. The lowest BCUT2D eigenvalue weighted by Gasteiger charge is -2.29. The highest BCUT2D eigenvalue weighted by molar-refractivity contribution is 7.89. The van der Waals surface area contributed by atoms with Crippen molar-refractivity contribution in [3.05, 3.63) is 65.2 Å². The molecule has 4 N–H and O–H groups in total. The first-order valence-corrected chi connectivity index (χ1v) is 14.1. The topological polar surface area (TPSA) is 136 Å². The number of carbonyl (C=O) groups excluding carboxylic acids is 1. The molecule has 0 spiro atoms. The number of aliphatic hydroxyl groups is 1. The number of urea groups is 1. The SMILES string of the molecule is Cc1ccc(S(=O)(=O)N(CC(C)C)[C@@H](CCCCNC(=O)N[C@H]2c3ccccc3C[C@H]2O)C(=O)O)cc1. The minimum absolute atomic E-state index is 0.0662. The molecular weight excluding hydrogens is 494 g/mol. The summed E-state index contributed by atoms with van der Waals surface area (Å²) >= 11 is 0. The van der Waals surface area contributed by atoms with E-state index in [1.807, 2.05) is 45.0 Å². The van der Waals surface area contributed by atoms with Gasteiger partial charge in [-0.05, 0) is 55.4 Å². The fourth-order valence-corrected chi connectivity index (χ4v) is 6.37. The summed E-state index contributed by atoms with van der Waals surface area (Å²) in [6.07, 6.45) is 0.786. The largest absolute Gasteiger partial charge is 0.480 e. The van der Waals surface area contributed by atoms with Gasteiger partial charge in [0, 0.05) is 19.5 Å². The van der Waals surface area contributed by atoms with Gasteiger partial charge in [-0.25, -0.2) is 13.2 Å². The Labute approximate surface area is 218 Å². The van der Waals surface area contributed by atoms with Crippen molar-refractivity contribution in [1.29, 1.82) is 0 Å². The van der Waals surface area contributed by atoms with Gasteiger partial charge in [0.25, 0.3) is 0 Å². The summed E-state index contributed by atoms with van der Waals surface area (Å²) in [6.45, 7) is 5.92. The van der Waals surface area contributed by atoms with Crippen molar-refractivity contribution in [3.63, 3.8) is 0 Å². The average Bonchev–Trinajstić information content (AvgIpc) is 3.15. The number of unbranched alkanes of at least 4 members (excludes halogenated alkanes) is 1. The molecule has 2 aromatic carbocycles. The van der Waals surface area contributed by atoms with Crippen LogP contribution >= 0.6 is 0 Å². The van der Waals surface area contributed by atoms with Crippen LogP contribution in [0.1, 0.15) is 55.8 Å². The number of hydrogen-bond donors (Lipinski definition) is 4. The number of aryl methyl sites for hydroxylation is 1. The number of nitrogens with zero attached hydrogens (tertiary/aromatic N) is 1. The van der Waals surface area contributed by atoms with Crippen molar-refractivity contribution in [3.8, 4) is 0 Å². The average molecular weight is 532 g/mol. The van der Waals surface area contributed by atoms with E-state index in [4.69, 9.17) is 0 Å². The molecule has 0 unspecified atom stereocenters. The van der Waals surface area contributed by atoms with Gasteiger partial charge in [-0.2, -0.15) is 4.31 Å². The summed E-state index contributed by atoms with van der Waals surface area (Å²) in [5, 5.41) is 25.8. The number of amides is 2. The van der Waals surface area contributed by atoms with Gasteiger partial charge in [0.15, 0.2) is 0 Å². The molecular formula is C27H37N3O6S. The van der Waals surface area contributed by atoms with E-state index in [0.29, 0.717) is 19.3 Å². The molecule has 0 saturated heterocycles. The second-order valence-corrected chi connectivity index (χ2v) is 11.9. The molecule has 3 rings (SSSR count). The second kappa shape index (κ2) is 12.5. The standard InChI is InChI=1S/C27H37N3O6S/c1-18(2)17-30(37(35,36)21-13-11-19(3)12-14-21)23(26(32)33)10-6-7-15-28-27(34)29-25-22-9-5-4-8-20(22)16-24(25)31/h4-5,8-9,11-14,18,23-25,31H,6-7,10,15-17H2,1-3H3,(H,32,33)(H2,28,29,34)/t23-,24+,25-/m0/s1. The Hall–Kier alpha value is -2.95. The number of benzene rings is 2. The maximum Gasteiger partial charge on any atom is 0.322 e. The van der Waals surface area contributed by atoms with Crippen LogP contribution in [0.4, 0.5) is 4.79 Å². The Morgan fingerprint density at radius 2 is 1.76 bits per heavy atom. The maximum atomic E-state index is 13.4. The predicted octanol–water partition coefficient (Wildman–Crippen LogP) is 3.22. The van der Waals surface area contributed by atoms with Crippen molar-refractivity contribution in [2.75, 3.05) is 13.1 Å². The first kappa shape index (κ1) is 28.6. The lowest BCUT2D eigenvalue weighted by atomic mass is 10.1. The number of aliphatic carboxylic acids is 1. The molecule has 2 amide bonds. The highest BCUT2D eigenvalue weighted by atomic mass is 32.2. The van der Waals surface area contributed by atoms with Gasteiger partial charge >= 0.3 is 12.0 Å². The summed E-state index contributed by atoms with van der Waals surface area (Å²) < 4.78 is 27.8. The van der Waals surface area contributed by atoms with E-state index < -0.39 is 40.2 Å². The number of rotatable bonds is 12. The van der Waals surface area contributed by atoms with Crippen LogP contribution in [0.2, 0.25) is 0 Å². The Morgan fingerprint density at radius 1 is 1.08 bits per heavy atom. The van der Waals surface area contributed by atoms with Crippen LogP contribution in [0, 0.1) is 12.8 Å². The zero-order chi connectivity index (χ0) is 27.2. The van der Waals surface area contributed by atoms with Gasteiger partial charge in [-0.15, -0.1) is 0 Å². The molecule has 1 aliphatic rings. The van der Waals surface area contributed by atoms with E-state index in [1.54, 1.807) is 12.1 Å². The molecule has 0 aromatic heterocycles. The third-order valence-corrected chi connectivity index (χ3v) is 8.37. The lowest BCUT2D eigenvalue weighted by molar-refractivity contribution is -0.141. The predicted molar refractivity (Wildman–Crippen MR) is 141 cm³/mol. The van der Waals surface area contributed by atoms with Crippen LogP contribution in [-0.2, 0) is 21.2 Å². The molecule has 0 saturated carbocycles. The van der Waals surface area contributed by atoms with Gasteiger partial charge in [-0.1, -0.05) is 55.8 Å². The first-order chi connectivity index (χ1) is 17.5. The molecule has 202 valence electrons.